The lowest BCUT2D eigenvalue weighted by atomic mass is 10.5. The summed E-state index contributed by atoms with van der Waals surface area (Å²) >= 11 is 3.08. The molecule has 0 aliphatic heterocycles. The lowest BCUT2D eigenvalue weighted by molar-refractivity contribution is -0.142. The van der Waals surface area contributed by atoms with E-state index in [1.54, 1.807) is 18.3 Å². The number of carbonyl (C=O) groups excluding carboxylic acids is 1. The second-order valence-electron chi connectivity index (χ2n) is 2.49. The topological polar surface area (TPSA) is 52.1 Å². The third-order valence-corrected chi connectivity index (χ3v) is 3.32. The molecule has 0 spiro atoms. The molecule has 0 radical (unpaired) electrons. The molecule has 78 valence electrons. The maximum Gasteiger partial charge on any atom is 0.306 e. The number of hydrogen-bond donors (Lipinski definition) is 0. The maximum absolute atomic E-state index is 11.0. The van der Waals surface area contributed by atoms with Gasteiger partial charge in [0.15, 0.2) is 4.34 Å². The Hall–Kier alpha value is -0.620. The Kier molecular flexibility index (Phi) is 4.89. The molecule has 4 nitrogen and oxygen atoms in total. The van der Waals surface area contributed by atoms with Crippen LogP contribution in [0.3, 0.4) is 0 Å². The van der Waals surface area contributed by atoms with E-state index >= 15 is 0 Å². The van der Waals surface area contributed by atoms with Crippen LogP contribution in [0.4, 0.5) is 0 Å². The monoisotopic (exact) mass is 232 g/mol. The predicted octanol–water partition coefficient (Wildman–Crippen LogP) is 1.89. The molecule has 0 fully saturated rings. The molecule has 1 heterocycles. The first kappa shape index (κ1) is 11.5. The van der Waals surface area contributed by atoms with E-state index in [1.807, 2.05) is 6.92 Å². The zero-order valence-corrected chi connectivity index (χ0v) is 9.78. The number of esters is 1. The van der Waals surface area contributed by atoms with E-state index in [0.717, 1.165) is 9.35 Å². The lowest BCUT2D eigenvalue weighted by Crippen LogP contribution is -2.04. The second kappa shape index (κ2) is 5.98. The van der Waals surface area contributed by atoms with Crippen LogP contribution >= 0.6 is 23.1 Å². The first-order valence-corrected chi connectivity index (χ1v) is 6.11. The van der Waals surface area contributed by atoms with Gasteiger partial charge in [-0.2, -0.15) is 0 Å². The number of ether oxygens (including phenoxy) is 1. The number of rotatable bonds is 5. The van der Waals surface area contributed by atoms with E-state index < -0.39 is 0 Å². The summed E-state index contributed by atoms with van der Waals surface area (Å²) in [5.41, 5.74) is 0. The number of carbonyl (C=O) groups is 1. The SMILES string of the molecule is CCOC(=O)CCSc1nnc(C)s1. The van der Waals surface area contributed by atoms with Crippen LogP contribution in [-0.4, -0.2) is 28.5 Å². The van der Waals surface area contributed by atoms with Crippen molar-refractivity contribution >= 4 is 29.1 Å². The normalized spacial score (nSPS) is 10.1. The summed E-state index contributed by atoms with van der Waals surface area (Å²) in [7, 11) is 0. The van der Waals surface area contributed by atoms with E-state index in [2.05, 4.69) is 10.2 Å². The first-order chi connectivity index (χ1) is 6.72. The highest BCUT2D eigenvalue weighted by molar-refractivity contribution is 8.01. The minimum Gasteiger partial charge on any atom is -0.466 e. The Bertz CT molecular complexity index is 301. The van der Waals surface area contributed by atoms with Crippen molar-refractivity contribution in [3.8, 4) is 0 Å². The minimum atomic E-state index is -0.152. The molecule has 0 atom stereocenters. The van der Waals surface area contributed by atoms with Gasteiger partial charge in [-0.1, -0.05) is 23.1 Å². The van der Waals surface area contributed by atoms with Crippen molar-refractivity contribution in [2.24, 2.45) is 0 Å². The average Bonchev–Trinajstić information content (AvgIpc) is 2.52. The van der Waals surface area contributed by atoms with Crippen LogP contribution in [-0.2, 0) is 9.53 Å². The third-order valence-electron chi connectivity index (χ3n) is 1.34. The van der Waals surface area contributed by atoms with Gasteiger partial charge in [0.2, 0.25) is 0 Å². The van der Waals surface area contributed by atoms with Gasteiger partial charge in [-0.25, -0.2) is 0 Å². The van der Waals surface area contributed by atoms with E-state index in [-0.39, 0.29) is 5.97 Å². The van der Waals surface area contributed by atoms with Crippen LogP contribution in [0.15, 0.2) is 4.34 Å². The molecule has 0 saturated heterocycles. The molecule has 0 saturated carbocycles. The van der Waals surface area contributed by atoms with Crippen LogP contribution in [0.25, 0.3) is 0 Å². The lowest BCUT2D eigenvalue weighted by Gasteiger charge is -1.99. The van der Waals surface area contributed by atoms with Crippen LogP contribution in [0.1, 0.15) is 18.4 Å². The van der Waals surface area contributed by atoms with E-state index in [0.29, 0.717) is 18.8 Å². The summed E-state index contributed by atoms with van der Waals surface area (Å²) < 4.78 is 5.71. The van der Waals surface area contributed by atoms with Crippen LogP contribution in [0.5, 0.6) is 0 Å². The summed E-state index contributed by atoms with van der Waals surface area (Å²) in [5.74, 6) is 0.550. The van der Waals surface area contributed by atoms with Crippen molar-refractivity contribution in [1.82, 2.24) is 10.2 Å². The Morgan fingerprint density at radius 2 is 2.36 bits per heavy atom. The number of hydrogen-bond acceptors (Lipinski definition) is 6. The van der Waals surface area contributed by atoms with E-state index in [9.17, 15) is 4.79 Å². The molecule has 0 aliphatic rings. The van der Waals surface area contributed by atoms with Gasteiger partial charge in [0.1, 0.15) is 5.01 Å². The van der Waals surface area contributed by atoms with E-state index in [1.165, 1.54) is 11.8 Å². The van der Waals surface area contributed by atoms with Gasteiger partial charge in [0.25, 0.3) is 0 Å². The Balaban J connectivity index is 2.18. The molecule has 1 rings (SSSR count). The molecule has 0 aliphatic carbocycles. The van der Waals surface area contributed by atoms with Crippen LogP contribution in [0.2, 0.25) is 0 Å². The standard InChI is InChI=1S/C8H12N2O2S2/c1-3-12-7(11)4-5-13-8-10-9-6(2)14-8/h3-5H2,1-2H3. The zero-order valence-electron chi connectivity index (χ0n) is 8.15. The largest absolute Gasteiger partial charge is 0.466 e. The fraction of sp³-hybridized carbons (Fsp3) is 0.625. The van der Waals surface area contributed by atoms with Crippen LogP contribution < -0.4 is 0 Å². The van der Waals surface area contributed by atoms with Gasteiger partial charge >= 0.3 is 5.97 Å². The van der Waals surface area contributed by atoms with Gasteiger partial charge in [-0.3, -0.25) is 4.79 Å². The molecule has 1 aromatic rings. The van der Waals surface area contributed by atoms with Crippen LogP contribution in [0, 0.1) is 6.92 Å². The number of nitrogens with zero attached hydrogens (tertiary/aromatic N) is 2. The summed E-state index contributed by atoms with van der Waals surface area (Å²) in [6, 6.07) is 0. The average molecular weight is 232 g/mol. The number of thioether (sulfide) groups is 1. The number of aryl methyl sites for hydroxylation is 1. The van der Waals surface area contributed by atoms with Gasteiger partial charge in [0.05, 0.1) is 13.0 Å². The second-order valence-corrected chi connectivity index (χ2v) is 5.01. The third kappa shape index (κ3) is 4.06. The number of aromatic nitrogens is 2. The van der Waals surface area contributed by atoms with Gasteiger partial charge < -0.3 is 4.74 Å². The quantitative estimate of drug-likeness (QED) is 0.573. The molecule has 0 unspecified atom stereocenters. The summed E-state index contributed by atoms with van der Waals surface area (Å²) in [4.78, 5) is 11.0. The van der Waals surface area contributed by atoms with Gasteiger partial charge in [0, 0.05) is 5.75 Å². The predicted molar refractivity (Wildman–Crippen MR) is 56.6 cm³/mol. The van der Waals surface area contributed by atoms with Gasteiger partial charge in [-0.05, 0) is 13.8 Å². The molecule has 0 bridgehead atoms. The van der Waals surface area contributed by atoms with Crippen molar-refractivity contribution in [2.45, 2.75) is 24.6 Å². The van der Waals surface area contributed by atoms with Crippen molar-refractivity contribution in [2.75, 3.05) is 12.4 Å². The van der Waals surface area contributed by atoms with Crippen molar-refractivity contribution in [3.05, 3.63) is 5.01 Å². The molecular formula is C8H12N2O2S2. The molecule has 1 aromatic heterocycles. The summed E-state index contributed by atoms with van der Waals surface area (Å²) in [6.07, 6.45) is 0.428. The fourth-order valence-corrected chi connectivity index (χ4v) is 2.60. The highest BCUT2D eigenvalue weighted by atomic mass is 32.2. The molecule has 0 aromatic carbocycles. The van der Waals surface area contributed by atoms with Gasteiger partial charge in [-0.15, -0.1) is 10.2 Å². The highest BCUT2D eigenvalue weighted by Crippen LogP contribution is 2.22. The maximum atomic E-state index is 11.0. The van der Waals surface area contributed by atoms with Crippen molar-refractivity contribution in [3.63, 3.8) is 0 Å². The zero-order chi connectivity index (χ0) is 10.4. The molecule has 6 heteroatoms. The smallest absolute Gasteiger partial charge is 0.306 e. The Morgan fingerprint density at radius 1 is 1.57 bits per heavy atom. The first-order valence-electron chi connectivity index (χ1n) is 4.31. The minimum absolute atomic E-state index is 0.152. The Labute approximate surface area is 91.1 Å². The molecule has 0 N–H and O–H groups in total. The van der Waals surface area contributed by atoms with Crippen molar-refractivity contribution < 1.29 is 9.53 Å². The molecule has 14 heavy (non-hydrogen) atoms. The van der Waals surface area contributed by atoms with Crippen molar-refractivity contribution in [1.29, 1.82) is 0 Å². The molecular weight excluding hydrogens is 220 g/mol. The van der Waals surface area contributed by atoms with E-state index in [4.69, 9.17) is 4.74 Å². The molecule has 0 amide bonds. The summed E-state index contributed by atoms with van der Waals surface area (Å²) in [6.45, 7) is 4.16. The summed E-state index contributed by atoms with van der Waals surface area (Å²) in [5, 5.41) is 8.77. The fourth-order valence-electron chi connectivity index (χ4n) is 0.792. The highest BCUT2D eigenvalue weighted by Gasteiger charge is 2.04. The Morgan fingerprint density at radius 3 is 2.93 bits per heavy atom.